The van der Waals surface area contributed by atoms with E-state index in [1.807, 2.05) is 0 Å². The molecule has 1 heterocycles. The summed E-state index contributed by atoms with van der Waals surface area (Å²) in [6, 6.07) is 1.69. The molecule has 5 heteroatoms. The van der Waals surface area contributed by atoms with Crippen molar-refractivity contribution < 1.29 is 9.90 Å². The van der Waals surface area contributed by atoms with E-state index in [0.717, 1.165) is 19.3 Å². The van der Waals surface area contributed by atoms with Crippen LogP contribution in [0.3, 0.4) is 0 Å². The number of hydrogen-bond acceptors (Lipinski definition) is 3. The Morgan fingerprint density at radius 1 is 1.72 bits per heavy atom. The van der Waals surface area contributed by atoms with Gasteiger partial charge in [-0.25, -0.2) is 0 Å². The number of carbonyl (C=O) groups excluding carboxylic acids is 1. The molecule has 0 bridgehead atoms. The van der Waals surface area contributed by atoms with Gasteiger partial charge in [0.25, 0.3) is 5.91 Å². The minimum absolute atomic E-state index is 0.000924. The number of rotatable bonds is 3. The second-order valence-electron chi connectivity index (χ2n) is 5.43. The van der Waals surface area contributed by atoms with Crippen molar-refractivity contribution in [3.05, 3.63) is 18.0 Å². The van der Waals surface area contributed by atoms with Crippen LogP contribution < -0.4 is 5.32 Å². The molecule has 2 atom stereocenters. The Hall–Kier alpha value is -1.36. The fourth-order valence-electron chi connectivity index (χ4n) is 2.86. The summed E-state index contributed by atoms with van der Waals surface area (Å²) in [5, 5.41) is 16.6. The molecule has 1 amide bonds. The lowest BCUT2D eigenvalue weighted by molar-refractivity contribution is 0.0689. The third kappa shape index (κ3) is 2.56. The molecule has 0 radical (unpaired) electrons. The molecule has 0 aromatic carbocycles. The van der Waals surface area contributed by atoms with E-state index in [9.17, 15) is 9.90 Å². The molecule has 1 aromatic heterocycles. The van der Waals surface area contributed by atoms with Crippen molar-refractivity contribution in [2.45, 2.75) is 38.1 Å². The number of nitrogens with one attached hydrogen (secondary N) is 1. The zero-order valence-corrected chi connectivity index (χ0v) is 11.0. The number of hydrogen-bond donors (Lipinski definition) is 2. The van der Waals surface area contributed by atoms with Crippen molar-refractivity contribution in [3.8, 4) is 0 Å². The fraction of sp³-hybridized carbons (Fsp3) is 0.692. The minimum Gasteiger partial charge on any atom is -0.394 e. The van der Waals surface area contributed by atoms with Crippen LogP contribution in [-0.2, 0) is 7.05 Å². The van der Waals surface area contributed by atoms with E-state index in [4.69, 9.17) is 0 Å². The van der Waals surface area contributed by atoms with E-state index >= 15 is 0 Å². The van der Waals surface area contributed by atoms with Crippen molar-refractivity contribution in [2.24, 2.45) is 13.0 Å². The molecule has 18 heavy (non-hydrogen) atoms. The van der Waals surface area contributed by atoms with Crippen LogP contribution in [0.2, 0.25) is 0 Å². The Morgan fingerprint density at radius 3 is 3.06 bits per heavy atom. The quantitative estimate of drug-likeness (QED) is 0.845. The standard InChI is InChI=1S/C13H21N3O2/c1-10-4-3-6-13(8-10,9-17)15-12(18)11-5-7-14-16(11)2/h5,7,10,17H,3-4,6,8-9H2,1-2H3,(H,15,18). The van der Waals surface area contributed by atoms with Crippen LogP contribution in [0.5, 0.6) is 0 Å². The molecule has 2 N–H and O–H groups in total. The van der Waals surface area contributed by atoms with Crippen molar-refractivity contribution in [1.29, 1.82) is 0 Å². The van der Waals surface area contributed by atoms with Crippen LogP contribution in [-0.4, -0.2) is 32.9 Å². The highest BCUT2D eigenvalue weighted by atomic mass is 16.3. The highest BCUT2D eigenvalue weighted by Crippen LogP contribution is 2.32. The van der Waals surface area contributed by atoms with Crippen molar-refractivity contribution >= 4 is 5.91 Å². The molecular formula is C13H21N3O2. The predicted octanol–water partition coefficient (Wildman–Crippen LogP) is 1.09. The van der Waals surface area contributed by atoms with Crippen LogP contribution in [0.1, 0.15) is 43.1 Å². The molecule has 5 nitrogen and oxygen atoms in total. The minimum atomic E-state index is -0.459. The predicted molar refractivity (Wildman–Crippen MR) is 68.1 cm³/mol. The summed E-state index contributed by atoms with van der Waals surface area (Å²) < 4.78 is 1.55. The topological polar surface area (TPSA) is 67.2 Å². The van der Waals surface area contributed by atoms with Gasteiger partial charge in [0, 0.05) is 13.2 Å². The first-order chi connectivity index (χ1) is 8.56. The largest absolute Gasteiger partial charge is 0.394 e. The molecular weight excluding hydrogens is 230 g/mol. The number of carbonyl (C=O) groups is 1. The summed E-state index contributed by atoms with van der Waals surface area (Å²) >= 11 is 0. The molecule has 1 aliphatic carbocycles. The summed E-state index contributed by atoms with van der Waals surface area (Å²) in [4.78, 5) is 12.2. The number of aryl methyl sites for hydroxylation is 1. The van der Waals surface area contributed by atoms with E-state index in [0.29, 0.717) is 11.6 Å². The van der Waals surface area contributed by atoms with Gasteiger partial charge in [-0.15, -0.1) is 0 Å². The van der Waals surface area contributed by atoms with Gasteiger partial charge < -0.3 is 10.4 Å². The smallest absolute Gasteiger partial charge is 0.270 e. The number of aliphatic hydroxyl groups excluding tert-OH is 1. The Labute approximate surface area is 107 Å². The molecule has 1 saturated carbocycles. The van der Waals surface area contributed by atoms with Crippen molar-refractivity contribution in [2.75, 3.05) is 6.61 Å². The molecule has 0 saturated heterocycles. The number of aliphatic hydroxyl groups is 1. The average molecular weight is 251 g/mol. The first-order valence-electron chi connectivity index (χ1n) is 6.48. The Kier molecular flexibility index (Phi) is 3.71. The van der Waals surface area contributed by atoms with E-state index in [2.05, 4.69) is 17.3 Å². The molecule has 0 spiro atoms. The van der Waals surface area contributed by atoms with Gasteiger partial charge >= 0.3 is 0 Å². The van der Waals surface area contributed by atoms with Crippen LogP contribution in [0.15, 0.2) is 12.3 Å². The van der Waals surface area contributed by atoms with Gasteiger partial charge in [0.2, 0.25) is 0 Å². The molecule has 2 rings (SSSR count). The molecule has 1 fully saturated rings. The Balaban J connectivity index is 2.11. The maximum atomic E-state index is 12.2. The van der Waals surface area contributed by atoms with Crippen LogP contribution in [0, 0.1) is 5.92 Å². The zero-order valence-electron chi connectivity index (χ0n) is 11.0. The van der Waals surface area contributed by atoms with E-state index in [1.165, 1.54) is 6.42 Å². The summed E-state index contributed by atoms with van der Waals surface area (Å²) in [7, 11) is 1.74. The second-order valence-corrected chi connectivity index (χ2v) is 5.43. The lowest BCUT2D eigenvalue weighted by Crippen LogP contribution is -2.54. The maximum absolute atomic E-state index is 12.2. The van der Waals surface area contributed by atoms with Gasteiger partial charge in [-0.1, -0.05) is 19.8 Å². The summed E-state index contributed by atoms with van der Waals surface area (Å²) in [5.41, 5.74) is 0.0694. The number of aromatic nitrogens is 2. The first kappa shape index (κ1) is 13.1. The highest BCUT2D eigenvalue weighted by molar-refractivity contribution is 5.93. The third-order valence-corrected chi connectivity index (χ3v) is 3.83. The first-order valence-corrected chi connectivity index (χ1v) is 6.48. The normalized spacial score (nSPS) is 28.1. The van der Waals surface area contributed by atoms with Crippen LogP contribution in [0.25, 0.3) is 0 Å². The molecule has 1 aromatic rings. The fourth-order valence-corrected chi connectivity index (χ4v) is 2.86. The Bertz CT molecular complexity index is 430. The maximum Gasteiger partial charge on any atom is 0.270 e. The van der Waals surface area contributed by atoms with E-state index in [1.54, 1.807) is 24.0 Å². The summed E-state index contributed by atoms with van der Waals surface area (Å²) in [6.45, 7) is 2.17. The number of amides is 1. The van der Waals surface area contributed by atoms with Crippen molar-refractivity contribution in [3.63, 3.8) is 0 Å². The Morgan fingerprint density at radius 2 is 2.50 bits per heavy atom. The van der Waals surface area contributed by atoms with Crippen LogP contribution in [0.4, 0.5) is 0 Å². The van der Waals surface area contributed by atoms with Gasteiger partial charge in [0.05, 0.1) is 12.1 Å². The third-order valence-electron chi connectivity index (χ3n) is 3.83. The van der Waals surface area contributed by atoms with Crippen molar-refractivity contribution in [1.82, 2.24) is 15.1 Å². The molecule has 0 aliphatic heterocycles. The monoisotopic (exact) mass is 251 g/mol. The summed E-state index contributed by atoms with van der Waals surface area (Å²) in [5.74, 6) is 0.385. The van der Waals surface area contributed by atoms with Crippen LogP contribution >= 0.6 is 0 Å². The lowest BCUT2D eigenvalue weighted by atomic mass is 9.77. The second kappa shape index (κ2) is 5.10. The summed E-state index contributed by atoms with van der Waals surface area (Å²) in [6.07, 6.45) is 5.51. The van der Waals surface area contributed by atoms with Gasteiger partial charge in [-0.3, -0.25) is 9.48 Å². The number of nitrogens with zero attached hydrogens (tertiary/aromatic N) is 2. The van der Waals surface area contributed by atoms with E-state index < -0.39 is 5.54 Å². The highest BCUT2D eigenvalue weighted by Gasteiger charge is 2.36. The zero-order chi connectivity index (χ0) is 13.2. The van der Waals surface area contributed by atoms with Gasteiger partial charge in [0.1, 0.15) is 5.69 Å². The van der Waals surface area contributed by atoms with E-state index in [-0.39, 0.29) is 12.5 Å². The average Bonchev–Trinajstić information content (AvgIpc) is 2.75. The molecule has 100 valence electrons. The SMILES string of the molecule is CC1CCCC(CO)(NC(=O)c2ccnn2C)C1. The van der Waals surface area contributed by atoms with Gasteiger partial charge in [0.15, 0.2) is 0 Å². The van der Waals surface area contributed by atoms with Gasteiger partial charge in [-0.05, 0) is 24.8 Å². The van der Waals surface area contributed by atoms with Gasteiger partial charge in [-0.2, -0.15) is 5.10 Å². The molecule has 2 unspecified atom stereocenters. The molecule has 1 aliphatic rings. The lowest BCUT2D eigenvalue weighted by Gasteiger charge is -2.39.